The Morgan fingerprint density at radius 3 is 2.46 bits per heavy atom. The number of carbonyl (C=O) groups is 3. The van der Waals surface area contributed by atoms with Crippen LogP contribution in [0.2, 0.25) is 0 Å². The third kappa shape index (κ3) is 7.46. The first-order chi connectivity index (χ1) is 16.7. The van der Waals surface area contributed by atoms with Crippen molar-refractivity contribution >= 4 is 17.8 Å². The van der Waals surface area contributed by atoms with Crippen molar-refractivity contribution in [3.63, 3.8) is 0 Å². The minimum absolute atomic E-state index is 0.0908. The second-order valence-corrected chi connectivity index (χ2v) is 8.26. The zero-order valence-electron chi connectivity index (χ0n) is 21.0. The number of benzene rings is 1. The fourth-order valence-corrected chi connectivity index (χ4v) is 3.80. The SMILES string of the molecule is C#C[C@H](C(C)OCc1ccccc1)[C@@H](C)C(=O)Nn1cc(C)c(CCC(=O)OC)c1C(=O)OCC. The monoisotopic (exact) mass is 482 g/mol. The number of nitrogens with one attached hydrogen (secondary N) is 1. The van der Waals surface area contributed by atoms with E-state index in [9.17, 15) is 14.4 Å². The third-order valence-corrected chi connectivity index (χ3v) is 5.84. The summed E-state index contributed by atoms with van der Waals surface area (Å²) in [5.74, 6) is 0.206. The number of aromatic nitrogens is 1. The number of methoxy groups -OCH3 is 1. The molecule has 1 N–H and O–H groups in total. The summed E-state index contributed by atoms with van der Waals surface area (Å²) in [6, 6.07) is 9.70. The molecule has 1 amide bonds. The first-order valence-corrected chi connectivity index (χ1v) is 11.6. The van der Waals surface area contributed by atoms with E-state index in [0.717, 1.165) is 11.1 Å². The average molecular weight is 483 g/mol. The molecule has 0 aliphatic carbocycles. The van der Waals surface area contributed by atoms with E-state index < -0.39 is 23.8 Å². The number of rotatable bonds is 12. The van der Waals surface area contributed by atoms with Gasteiger partial charge in [-0.2, -0.15) is 0 Å². The van der Waals surface area contributed by atoms with Crippen LogP contribution in [-0.4, -0.2) is 42.3 Å². The number of aryl methyl sites for hydroxylation is 1. The summed E-state index contributed by atoms with van der Waals surface area (Å²) in [6.07, 6.45) is 7.37. The highest BCUT2D eigenvalue weighted by Gasteiger charge is 2.30. The van der Waals surface area contributed by atoms with Crippen LogP contribution in [0.25, 0.3) is 0 Å². The van der Waals surface area contributed by atoms with E-state index >= 15 is 0 Å². The van der Waals surface area contributed by atoms with Gasteiger partial charge in [-0.25, -0.2) is 4.79 Å². The Kier molecular flexibility index (Phi) is 10.6. The Labute approximate surface area is 206 Å². The molecule has 0 spiro atoms. The third-order valence-electron chi connectivity index (χ3n) is 5.84. The fraction of sp³-hybridized carbons (Fsp3) is 0.444. The molecule has 0 aliphatic heterocycles. The zero-order chi connectivity index (χ0) is 26.0. The summed E-state index contributed by atoms with van der Waals surface area (Å²) in [7, 11) is 1.31. The molecular formula is C27H34N2O6. The van der Waals surface area contributed by atoms with E-state index in [2.05, 4.69) is 11.3 Å². The van der Waals surface area contributed by atoms with Gasteiger partial charge in [-0.1, -0.05) is 43.2 Å². The maximum atomic E-state index is 13.1. The molecule has 35 heavy (non-hydrogen) atoms. The molecule has 0 saturated heterocycles. The van der Waals surface area contributed by atoms with Crippen molar-refractivity contribution in [3.05, 3.63) is 58.9 Å². The van der Waals surface area contributed by atoms with Crippen LogP contribution in [0.15, 0.2) is 36.5 Å². The Bertz CT molecular complexity index is 1050. The lowest BCUT2D eigenvalue weighted by Crippen LogP contribution is -2.37. The van der Waals surface area contributed by atoms with E-state index in [1.54, 1.807) is 27.0 Å². The second-order valence-electron chi connectivity index (χ2n) is 8.26. The molecule has 8 nitrogen and oxygen atoms in total. The van der Waals surface area contributed by atoms with Crippen molar-refractivity contribution in [3.8, 4) is 12.3 Å². The molecule has 1 unspecified atom stereocenters. The molecule has 1 heterocycles. The number of hydrogen-bond donors (Lipinski definition) is 1. The highest BCUT2D eigenvalue weighted by molar-refractivity contribution is 5.93. The van der Waals surface area contributed by atoms with Crippen LogP contribution in [0.3, 0.4) is 0 Å². The van der Waals surface area contributed by atoms with Gasteiger partial charge in [0.2, 0.25) is 5.91 Å². The van der Waals surface area contributed by atoms with Gasteiger partial charge in [-0.05, 0) is 43.9 Å². The lowest BCUT2D eigenvalue weighted by Gasteiger charge is -2.25. The molecule has 1 aromatic heterocycles. The minimum Gasteiger partial charge on any atom is -0.469 e. The first-order valence-electron chi connectivity index (χ1n) is 11.6. The molecule has 188 valence electrons. The molecule has 2 aromatic rings. The molecule has 8 heteroatoms. The maximum Gasteiger partial charge on any atom is 0.357 e. The van der Waals surface area contributed by atoms with E-state index in [1.165, 1.54) is 11.8 Å². The summed E-state index contributed by atoms with van der Waals surface area (Å²) in [5, 5.41) is 0. The Morgan fingerprint density at radius 1 is 1.17 bits per heavy atom. The number of carbonyl (C=O) groups excluding carboxylic acids is 3. The van der Waals surface area contributed by atoms with Gasteiger partial charge in [0, 0.05) is 12.6 Å². The van der Waals surface area contributed by atoms with E-state index in [4.69, 9.17) is 20.6 Å². The van der Waals surface area contributed by atoms with Crippen LogP contribution >= 0.6 is 0 Å². The highest BCUT2D eigenvalue weighted by atomic mass is 16.5. The summed E-state index contributed by atoms with van der Waals surface area (Å²) < 4.78 is 17.2. The van der Waals surface area contributed by atoms with Crippen LogP contribution in [-0.2, 0) is 36.8 Å². The normalized spacial score (nSPS) is 13.3. The zero-order valence-corrected chi connectivity index (χ0v) is 21.0. The summed E-state index contributed by atoms with van der Waals surface area (Å²) in [4.78, 5) is 37.5. The van der Waals surface area contributed by atoms with Gasteiger partial charge >= 0.3 is 11.9 Å². The largest absolute Gasteiger partial charge is 0.469 e. The minimum atomic E-state index is -0.609. The Hall–Kier alpha value is -3.57. The molecule has 0 radical (unpaired) electrons. The molecule has 2 rings (SSSR count). The van der Waals surface area contributed by atoms with Gasteiger partial charge < -0.3 is 14.2 Å². The van der Waals surface area contributed by atoms with Crippen LogP contribution in [0.1, 0.15) is 54.4 Å². The number of hydrogen-bond acceptors (Lipinski definition) is 6. The number of terminal acetylenes is 1. The van der Waals surface area contributed by atoms with Gasteiger partial charge in [0.25, 0.3) is 0 Å². The lowest BCUT2D eigenvalue weighted by atomic mass is 9.89. The molecule has 1 aromatic carbocycles. The quantitative estimate of drug-likeness (QED) is 0.367. The second kappa shape index (κ2) is 13.4. The summed E-state index contributed by atoms with van der Waals surface area (Å²) in [6.45, 7) is 7.60. The van der Waals surface area contributed by atoms with Crippen molar-refractivity contribution < 1.29 is 28.6 Å². The van der Waals surface area contributed by atoms with Gasteiger partial charge in [0.1, 0.15) is 0 Å². The van der Waals surface area contributed by atoms with Gasteiger partial charge in [-0.15, -0.1) is 6.42 Å². The van der Waals surface area contributed by atoms with Gasteiger partial charge in [0.05, 0.1) is 38.3 Å². The van der Waals surface area contributed by atoms with E-state index in [0.29, 0.717) is 12.2 Å². The summed E-state index contributed by atoms with van der Waals surface area (Å²) in [5.41, 5.74) is 5.28. The van der Waals surface area contributed by atoms with Gasteiger partial charge in [-0.3, -0.25) is 19.7 Å². The van der Waals surface area contributed by atoms with Crippen molar-refractivity contribution in [2.75, 3.05) is 19.1 Å². The lowest BCUT2D eigenvalue weighted by molar-refractivity contribution is -0.140. The van der Waals surface area contributed by atoms with E-state index in [1.807, 2.05) is 37.3 Å². The van der Waals surface area contributed by atoms with Crippen LogP contribution in [0.4, 0.5) is 0 Å². The molecule has 0 aliphatic rings. The van der Waals surface area contributed by atoms with Crippen molar-refractivity contribution in [2.24, 2.45) is 11.8 Å². The Morgan fingerprint density at radius 2 is 1.86 bits per heavy atom. The van der Waals surface area contributed by atoms with Crippen molar-refractivity contribution in [1.82, 2.24) is 4.68 Å². The number of ether oxygens (including phenoxy) is 3. The average Bonchev–Trinajstić information content (AvgIpc) is 3.16. The van der Waals surface area contributed by atoms with E-state index in [-0.39, 0.29) is 37.2 Å². The standard InChI is InChI=1S/C27H34N2O6/c1-7-22(20(5)35-17-21-12-10-9-11-13-21)19(4)26(31)28-29-16-18(3)23(14-15-24(30)33-6)25(29)27(32)34-8-2/h1,9-13,16,19-20,22H,8,14-15,17H2,2-6H3,(H,28,31)/t19-,20?,22+/m1/s1. The first kappa shape index (κ1) is 27.7. The Balaban J connectivity index is 2.18. The highest BCUT2D eigenvalue weighted by Crippen LogP contribution is 2.23. The maximum absolute atomic E-state index is 13.1. The number of amides is 1. The predicted molar refractivity (Wildman–Crippen MR) is 132 cm³/mol. The topological polar surface area (TPSA) is 95.9 Å². The molecule has 0 bridgehead atoms. The fourth-order valence-electron chi connectivity index (χ4n) is 3.80. The van der Waals surface area contributed by atoms with Gasteiger partial charge in [0.15, 0.2) is 5.69 Å². The molecule has 0 fully saturated rings. The van der Waals surface area contributed by atoms with Crippen molar-refractivity contribution in [2.45, 2.75) is 53.2 Å². The predicted octanol–water partition coefficient (Wildman–Crippen LogP) is 3.64. The molecule has 3 atom stereocenters. The molecular weight excluding hydrogens is 448 g/mol. The number of esters is 2. The smallest absolute Gasteiger partial charge is 0.357 e. The van der Waals surface area contributed by atoms with Crippen LogP contribution in [0.5, 0.6) is 0 Å². The van der Waals surface area contributed by atoms with Crippen LogP contribution < -0.4 is 5.43 Å². The van der Waals surface area contributed by atoms with Crippen LogP contribution in [0, 0.1) is 31.1 Å². The van der Waals surface area contributed by atoms with Crippen molar-refractivity contribution in [1.29, 1.82) is 0 Å². The number of nitrogens with zero attached hydrogens (tertiary/aromatic N) is 1. The summed E-state index contributed by atoms with van der Waals surface area (Å²) >= 11 is 0. The molecule has 0 saturated carbocycles.